The Morgan fingerprint density at radius 3 is 2.67 bits per heavy atom. The Balaban J connectivity index is 2.06. The third kappa shape index (κ3) is 0.540. The maximum atomic E-state index is 11.4. The van der Waals surface area contributed by atoms with Crippen molar-refractivity contribution in [3.8, 4) is 0 Å². The Bertz CT molecular complexity index is 248. The molecule has 0 aromatic rings. The van der Waals surface area contributed by atoms with Crippen LogP contribution in [0.1, 0.15) is 20.3 Å². The van der Waals surface area contributed by atoms with Crippen molar-refractivity contribution in [2.45, 2.75) is 26.4 Å². The summed E-state index contributed by atoms with van der Waals surface area (Å²) in [6.07, 6.45) is 1.52. The minimum absolute atomic E-state index is 0.0874. The molecule has 12 heavy (non-hydrogen) atoms. The number of fused-ring (bicyclic) bond motifs is 1. The molecule has 6 atom stereocenters. The number of hydrogen-bond donors (Lipinski definition) is 0. The standard InChI is InChI=1S/C10H14O2/c1-4-6-3-7-8(4)10(11)12-9(7)5(6)2/h4-9H,3H2,1-2H3/t4-,5+,6?,7?,8+,9?/m0/s1. The molecule has 1 aliphatic heterocycles. The van der Waals surface area contributed by atoms with Gasteiger partial charge >= 0.3 is 5.97 Å². The summed E-state index contributed by atoms with van der Waals surface area (Å²) in [6.45, 7) is 4.45. The van der Waals surface area contributed by atoms with Gasteiger partial charge in [0.2, 0.25) is 0 Å². The van der Waals surface area contributed by atoms with Gasteiger partial charge in [-0.3, -0.25) is 4.79 Å². The maximum absolute atomic E-state index is 11.4. The van der Waals surface area contributed by atoms with Crippen LogP contribution in [0.5, 0.6) is 0 Å². The molecule has 1 heterocycles. The first-order chi connectivity index (χ1) is 5.70. The van der Waals surface area contributed by atoms with E-state index in [1.165, 1.54) is 6.42 Å². The smallest absolute Gasteiger partial charge is 0.309 e. The highest BCUT2D eigenvalue weighted by Crippen LogP contribution is 2.59. The third-order valence-electron chi connectivity index (χ3n) is 4.39. The highest BCUT2D eigenvalue weighted by Gasteiger charge is 2.63. The molecule has 2 bridgehead atoms. The molecule has 0 radical (unpaired) electrons. The van der Waals surface area contributed by atoms with E-state index in [2.05, 4.69) is 13.8 Å². The van der Waals surface area contributed by atoms with Crippen molar-refractivity contribution in [1.82, 2.24) is 0 Å². The van der Waals surface area contributed by atoms with E-state index in [4.69, 9.17) is 4.74 Å². The number of rotatable bonds is 0. The molecule has 0 spiro atoms. The van der Waals surface area contributed by atoms with Gasteiger partial charge in [-0.05, 0) is 24.2 Å². The predicted molar refractivity (Wildman–Crippen MR) is 43.3 cm³/mol. The van der Waals surface area contributed by atoms with Crippen molar-refractivity contribution in [2.75, 3.05) is 0 Å². The van der Waals surface area contributed by atoms with Crippen LogP contribution in [0.4, 0.5) is 0 Å². The number of hydrogen-bond acceptors (Lipinski definition) is 2. The first-order valence-corrected chi connectivity index (χ1v) is 4.90. The Morgan fingerprint density at radius 1 is 1.25 bits per heavy atom. The van der Waals surface area contributed by atoms with Crippen LogP contribution in [0.15, 0.2) is 0 Å². The summed E-state index contributed by atoms with van der Waals surface area (Å²) >= 11 is 0. The SMILES string of the molecule is C[C@H]1C2OC(=O)[C@H]3C2CC1[C@@H]3C. The van der Waals surface area contributed by atoms with Gasteiger partial charge in [0.1, 0.15) is 6.10 Å². The molecule has 2 nitrogen and oxygen atoms in total. The molecule has 0 N–H and O–H groups in total. The lowest BCUT2D eigenvalue weighted by atomic mass is 9.76. The summed E-state index contributed by atoms with van der Waals surface area (Å²) in [5, 5.41) is 0. The number of carbonyl (C=O) groups is 1. The fourth-order valence-corrected chi connectivity index (χ4v) is 3.79. The van der Waals surface area contributed by atoms with Gasteiger partial charge in [-0.2, -0.15) is 0 Å². The lowest BCUT2D eigenvalue weighted by Crippen LogP contribution is -2.30. The molecule has 2 aliphatic carbocycles. The van der Waals surface area contributed by atoms with Crippen LogP contribution in [0.25, 0.3) is 0 Å². The van der Waals surface area contributed by atoms with E-state index in [0.717, 1.165) is 5.92 Å². The summed E-state index contributed by atoms with van der Waals surface area (Å²) in [5.74, 6) is 2.88. The van der Waals surface area contributed by atoms with E-state index < -0.39 is 0 Å². The fraction of sp³-hybridized carbons (Fsp3) is 0.900. The Kier molecular flexibility index (Phi) is 1.07. The van der Waals surface area contributed by atoms with Crippen molar-refractivity contribution < 1.29 is 9.53 Å². The van der Waals surface area contributed by atoms with Gasteiger partial charge in [-0.1, -0.05) is 13.8 Å². The van der Waals surface area contributed by atoms with Crippen molar-refractivity contribution in [3.05, 3.63) is 0 Å². The van der Waals surface area contributed by atoms with Crippen molar-refractivity contribution in [3.63, 3.8) is 0 Å². The Hall–Kier alpha value is -0.530. The average Bonchev–Trinajstić information content (AvgIpc) is 2.56. The third-order valence-corrected chi connectivity index (χ3v) is 4.39. The second kappa shape index (κ2) is 1.86. The minimum atomic E-state index is 0.0874. The quantitative estimate of drug-likeness (QED) is 0.509. The molecule has 3 rings (SSSR count). The van der Waals surface area contributed by atoms with Gasteiger partial charge in [0, 0.05) is 5.92 Å². The highest BCUT2D eigenvalue weighted by molar-refractivity contribution is 5.77. The van der Waals surface area contributed by atoms with Crippen LogP contribution in [0.2, 0.25) is 0 Å². The molecular formula is C10H14O2. The summed E-state index contributed by atoms with van der Waals surface area (Å²) in [7, 11) is 0. The van der Waals surface area contributed by atoms with E-state index in [1.54, 1.807) is 0 Å². The number of carbonyl (C=O) groups excluding carboxylic acids is 1. The van der Waals surface area contributed by atoms with Crippen LogP contribution in [0.3, 0.4) is 0 Å². The first-order valence-electron chi connectivity index (χ1n) is 4.90. The zero-order valence-electron chi connectivity index (χ0n) is 7.49. The van der Waals surface area contributed by atoms with E-state index in [1.807, 2.05) is 0 Å². The molecule has 3 fully saturated rings. The Morgan fingerprint density at radius 2 is 2.00 bits per heavy atom. The predicted octanol–water partition coefficient (Wildman–Crippen LogP) is 1.45. The van der Waals surface area contributed by atoms with E-state index >= 15 is 0 Å². The second-order valence-electron chi connectivity index (χ2n) is 4.71. The molecule has 1 saturated heterocycles. The molecular weight excluding hydrogens is 152 g/mol. The molecule has 3 aliphatic rings. The van der Waals surface area contributed by atoms with Gasteiger partial charge < -0.3 is 4.74 Å². The largest absolute Gasteiger partial charge is 0.462 e. The van der Waals surface area contributed by atoms with Crippen LogP contribution in [-0.4, -0.2) is 12.1 Å². The van der Waals surface area contributed by atoms with Crippen LogP contribution < -0.4 is 0 Å². The molecule has 2 saturated carbocycles. The summed E-state index contributed by atoms with van der Waals surface area (Å²) in [4.78, 5) is 11.4. The normalized spacial score (nSPS) is 61.0. The number of esters is 1. The van der Waals surface area contributed by atoms with Crippen molar-refractivity contribution in [1.29, 1.82) is 0 Å². The van der Waals surface area contributed by atoms with E-state index in [0.29, 0.717) is 17.8 Å². The lowest BCUT2D eigenvalue weighted by Gasteiger charge is -2.26. The summed E-state index contributed by atoms with van der Waals surface area (Å²) in [6, 6.07) is 0. The molecule has 2 heteroatoms. The Labute approximate surface area is 72.3 Å². The van der Waals surface area contributed by atoms with Gasteiger partial charge in [-0.25, -0.2) is 0 Å². The fourth-order valence-electron chi connectivity index (χ4n) is 3.79. The van der Waals surface area contributed by atoms with Crippen LogP contribution in [-0.2, 0) is 9.53 Å². The van der Waals surface area contributed by atoms with Gasteiger partial charge in [0.25, 0.3) is 0 Å². The average molecular weight is 166 g/mol. The van der Waals surface area contributed by atoms with Gasteiger partial charge in [-0.15, -0.1) is 0 Å². The second-order valence-corrected chi connectivity index (χ2v) is 4.71. The van der Waals surface area contributed by atoms with Crippen molar-refractivity contribution >= 4 is 5.97 Å². The maximum Gasteiger partial charge on any atom is 0.309 e. The lowest BCUT2D eigenvalue weighted by molar-refractivity contribution is -0.144. The van der Waals surface area contributed by atoms with E-state index in [-0.39, 0.29) is 18.0 Å². The van der Waals surface area contributed by atoms with Gasteiger partial charge in [0.05, 0.1) is 5.92 Å². The molecule has 3 unspecified atom stereocenters. The molecule has 66 valence electrons. The summed E-state index contributed by atoms with van der Waals surface area (Å²) < 4.78 is 5.38. The van der Waals surface area contributed by atoms with E-state index in [9.17, 15) is 4.79 Å². The summed E-state index contributed by atoms with van der Waals surface area (Å²) in [5.41, 5.74) is 0. The van der Waals surface area contributed by atoms with Crippen LogP contribution in [0, 0.1) is 29.6 Å². The minimum Gasteiger partial charge on any atom is -0.462 e. The molecule has 0 amide bonds. The zero-order valence-corrected chi connectivity index (χ0v) is 7.49. The zero-order chi connectivity index (χ0) is 8.46. The highest BCUT2D eigenvalue weighted by atomic mass is 16.6. The van der Waals surface area contributed by atoms with Crippen LogP contribution >= 0.6 is 0 Å². The molecule has 0 aromatic carbocycles. The van der Waals surface area contributed by atoms with Gasteiger partial charge in [0.15, 0.2) is 0 Å². The topological polar surface area (TPSA) is 26.3 Å². The molecule has 0 aromatic heterocycles. The monoisotopic (exact) mass is 166 g/mol. The van der Waals surface area contributed by atoms with Crippen molar-refractivity contribution in [2.24, 2.45) is 29.6 Å². The number of ether oxygens (including phenoxy) is 1. The first kappa shape index (κ1) is 6.93.